The first-order valence-electron chi connectivity index (χ1n) is 9.69. The Kier molecular flexibility index (Phi) is 4.41. The Hall–Kier alpha value is -1.69. The van der Waals surface area contributed by atoms with Crippen LogP contribution in [0.1, 0.15) is 60.5 Å². The van der Waals surface area contributed by atoms with Gasteiger partial charge in [-0.05, 0) is 62.3 Å². The molecule has 5 unspecified atom stereocenters. The number of carbonyl (C=O) groups is 1. The molecule has 2 aromatic rings. The molecule has 0 aromatic carbocycles. The number of hydrogen-bond donors (Lipinski definition) is 2. The van der Waals surface area contributed by atoms with Gasteiger partial charge in [-0.1, -0.05) is 20.3 Å². The van der Waals surface area contributed by atoms with E-state index in [0.717, 1.165) is 27.4 Å². The molecule has 2 aromatic heterocycles. The van der Waals surface area contributed by atoms with Crippen LogP contribution >= 0.6 is 11.3 Å². The molecule has 0 spiro atoms. The van der Waals surface area contributed by atoms with E-state index < -0.39 is 0 Å². The topological polar surface area (TPSA) is 80.9 Å². The predicted octanol–water partition coefficient (Wildman–Crippen LogP) is 4.08. The highest BCUT2D eigenvalue weighted by molar-refractivity contribution is 7.21. The summed E-state index contributed by atoms with van der Waals surface area (Å²) >= 11 is 1.36. The molecule has 5 rings (SSSR count). The predicted molar refractivity (Wildman–Crippen MR) is 106 cm³/mol. The van der Waals surface area contributed by atoms with Gasteiger partial charge in [-0.25, -0.2) is 0 Å². The lowest BCUT2D eigenvalue weighted by Crippen LogP contribution is -2.45. The lowest BCUT2D eigenvalue weighted by atomic mass is 9.75. The summed E-state index contributed by atoms with van der Waals surface area (Å²) in [6.45, 7) is 8.56. The first kappa shape index (κ1) is 17.7. The van der Waals surface area contributed by atoms with Crippen LogP contribution in [0.15, 0.2) is 0 Å². The fraction of sp³-hybridized carbons (Fsp3) is 0.650. The maximum atomic E-state index is 13.1. The molecule has 0 radical (unpaired) electrons. The first-order chi connectivity index (χ1) is 12.4. The lowest BCUT2D eigenvalue weighted by molar-refractivity contribution is 0.0887. The smallest absolute Gasteiger partial charge is 0.263 e. The molecule has 2 heterocycles. The van der Waals surface area contributed by atoms with Crippen LogP contribution in [0.2, 0.25) is 0 Å². The minimum Gasteiger partial charge on any atom is -0.397 e. The van der Waals surface area contributed by atoms with Gasteiger partial charge in [0, 0.05) is 11.4 Å². The summed E-state index contributed by atoms with van der Waals surface area (Å²) in [4.78, 5) is 14.4. The summed E-state index contributed by atoms with van der Waals surface area (Å²) in [5, 5.41) is 12.7. The molecule has 3 aliphatic rings. The largest absolute Gasteiger partial charge is 0.397 e. The number of nitrogens with two attached hydrogens (primary N) is 1. The molecular formula is C20H28N4OS. The second kappa shape index (κ2) is 6.48. The highest BCUT2D eigenvalue weighted by Gasteiger charge is 2.41. The number of aromatic nitrogens is 2. The molecule has 5 nitrogen and oxygen atoms in total. The Labute approximate surface area is 158 Å². The van der Waals surface area contributed by atoms with Gasteiger partial charge in [0.2, 0.25) is 0 Å². The number of fused-ring (bicyclic) bond motifs is 5. The van der Waals surface area contributed by atoms with Gasteiger partial charge in [0.15, 0.2) is 0 Å². The Balaban J connectivity index is 1.65. The minimum atomic E-state index is -0.0445. The van der Waals surface area contributed by atoms with Gasteiger partial charge >= 0.3 is 0 Å². The van der Waals surface area contributed by atoms with Crippen LogP contribution in [-0.2, 0) is 0 Å². The van der Waals surface area contributed by atoms with Crippen LogP contribution in [-0.4, -0.2) is 22.1 Å². The minimum absolute atomic E-state index is 0.0445. The summed E-state index contributed by atoms with van der Waals surface area (Å²) in [5.41, 5.74) is 8.79. The average Bonchev–Trinajstić information content (AvgIpc) is 2.80. The summed E-state index contributed by atoms with van der Waals surface area (Å²) < 4.78 is 0. The van der Waals surface area contributed by atoms with Crippen molar-refractivity contribution in [2.75, 3.05) is 5.73 Å². The van der Waals surface area contributed by atoms with Gasteiger partial charge in [0.1, 0.15) is 9.71 Å². The van der Waals surface area contributed by atoms with Gasteiger partial charge in [-0.3, -0.25) is 4.79 Å². The normalized spacial score (nSPS) is 31.2. The molecule has 3 N–H and O–H groups in total. The standard InChI is InChI=1S/C20H28N4OS/c1-9-7-13-5-6-14(9)17(10(2)8-13)22-19(25)18-16(21)15-11(3)12(4)23-24-20(15)26-18/h9-10,13-14,17H,5-8,21H2,1-4H3,(H,22,25). The highest BCUT2D eigenvalue weighted by atomic mass is 32.1. The molecule has 6 heteroatoms. The molecule has 3 saturated carbocycles. The fourth-order valence-electron chi connectivity index (χ4n) is 5.25. The Morgan fingerprint density at radius 1 is 1.15 bits per heavy atom. The van der Waals surface area contributed by atoms with Crippen molar-refractivity contribution in [1.82, 2.24) is 15.5 Å². The molecular weight excluding hydrogens is 344 g/mol. The van der Waals surface area contributed by atoms with Crippen LogP contribution < -0.4 is 11.1 Å². The number of anilines is 1. The van der Waals surface area contributed by atoms with Crippen LogP contribution in [0.4, 0.5) is 5.69 Å². The Morgan fingerprint density at radius 2 is 1.88 bits per heavy atom. The van der Waals surface area contributed by atoms with E-state index in [4.69, 9.17) is 5.73 Å². The van der Waals surface area contributed by atoms with Gasteiger partial charge in [0.05, 0.1) is 11.4 Å². The number of aryl methyl sites for hydroxylation is 2. The zero-order chi connectivity index (χ0) is 18.6. The van der Waals surface area contributed by atoms with Crippen molar-refractivity contribution in [3.05, 3.63) is 16.1 Å². The Morgan fingerprint density at radius 3 is 2.62 bits per heavy atom. The molecule has 26 heavy (non-hydrogen) atoms. The van der Waals surface area contributed by atoms with E-state index in [0.29, 0.717) is 28.3 Å². The third kappa shape index (κ3) is 2.79. The van der Waals surface area contributed by atoms with Crippen molar-refractivity contribution in [1.29, 1.82) is 0 Å². The number of rotatable bonds is 2. The Bertz CT molecular complexity index is 861. The fourth-order valence-corrected chi connectivity index (χ4v) is 6.25. The molecule has 5 atom stereocenters. The molecule has 3 fully saturated rings. The molecule has 140 valence electrons. The summed E-state index contributed by atoms with van der Waals surface area (Å²) in [5.74, 6) is 2.55. The van der Waals surface area contributed by atoms with Crippen LogP contribution in [0.3, 0.4) is 0 Å². The summed E-state index contributed by atoms with van der Waals surface area (Å²) in [6.07, 6.45) is 5.07. The molecule has 0 saturated heterocycles. The van der Waals surface area contributed by atoms with Gasteiger partial charge in [-0.2, -0.15) is 5.10 Å². The number of thiophene rings is 1. The number of carbonyl (C=O) groups excluding carboxylic acids is 1. The van der Waals surface area contributed by atoms with Crippen molar-refractivity contribution < 1.29 is 4.79 Å². The van der Waals surface area contributed by atoms with E-state index in [1.54, 1.807) is 0 Å². The lowest BCUT2D eigenvalue weighted by Gasteiger charge is -2.35. The van der Waals surface area contributed by atoms with E-state index in [1.807, 2.05) is 13.8 Å². The van der Waals surface area contributed by atoms with E-state index in [-0.39, 0.29) is 11.9 Å². The summed E-state index contributed by atoms with van der Waals surface area (Å²) in [7, 11) is 0. The van der Waals surface area contributed by atoms with Gasteiger partial charge < -0.3 is 11.1 Å². The van der Waals surface area contributed by atoms with Crippen molar-refractivity contribution in [2.45, 2.75) is 59.4 Å². The van der Waals surface area contributed by atoms with Crippen LogP contribution in [0, 0.1) is 37.5 Å². The molecule has 2 bridgehead atoms. The zero-order valence-electron chi connectivity index (χ0n) is 16.0. The van der Waals surface area contributed by atoms with Gasteiger partial charge in [0.25, 0.3) is 5.91 Å². The van der Waals surface area contributed by atoms with E-state index in [2.05, 4.69) is 29.4 Å². The number of nitrogens with one attached hydrogen (secondary N) is 1. The van der Waals surface area contributed by atoms with Crippen molar-refractivity contribution >= 4 is 33.1 Å². The van der Waals surface area contributed by atoms with Crippen molar-refractivity contribution in [3.63, 3.8) is 0 Å². The average molecular weight is 373 g/mol. The van der Waals surface area contributed by atoms with Crippen LogP contribution in [0.25, 0.3) is 10.2 Å². The molecule has 1 amide bonds. The quantitative estimate of drug-likeness (QED) is 0.832. The number of hydrogen-bond acceptors (Lipinski definition) is 5. The number of amides is 1. The second-order valence-electron chi connectivity index (χ2n) is 8.47. The third-order valence-corrected chi connectivity index (χ3v) is 7.85. The van der Waals surface area contributed by atoms with Crippen molar-refractivity contribution in [2.24, 2.45) is 23.7 Å². The highest BCUT2D eigenvalue weighted by Crippen LogP contribution is 2.45. The maximum Gasteiger partial charge on any atom is 0.263 e. The zero-order valence-corrected chi connectivity index (χ0v) is 16.8. The van der Waals surface area contributed by atoms with Gasteiger partial charge in [-0.15, -0.1) is 16.4 Å². The summed E-state index contributed by atoms with van der Waals surface area (Å²) in [6, 6.07) is 0.239. The number of nitrogens with zero attached hydrogens (tertiary/aromatic N) is 2. The SMILES string of the molecule is Cc1nnc2sc(C(=O)NC3C(C)CC4CCC3C(C)C4)c(N)c2c1C. The third-order valence-electron chi connectivity index (χ3n) is 6.76. The van der Waals surface area contributed by atoms with E-state index in [9.17, 15) is 4.79 Å². The monoisotopic (exact) mass is 372 g/mol. The molecule has 3 aliphatic carbocycles. The van der Waals surface area contributed by atoms with E-state index >= 15 is 0 Å². The maximum absolute atomic E-state index is 13.1. The molecule has 0 aliphatic heterocycles. The number of nitrogen functional groups attached to an aromatic ring is 1. The van der Waals surface area contributed by atoms with E-state index in [1.165, 1.54) is 37.0 Å². The van der Waals surface area contributed by atoms with Crippen LogP contribution in [0.5, 0.6) is 0 Å². The van der Waals surface area contributed by atoms with Crippen molar-refractivity contribution in [3.8, 4) is 0 Å². The first-order valence-corrected chi connectivity index (χ1v) is 10.5. The second-order valence-corrected chi connectivity index (χ2v) is 9.47.